The second kappa shape index (κ2) is 9.75. The van der Waals surface area contributed by atoms with Crippen LogP contribution in [0.3, 0.4) is 0 Å². The van der Waals surface area contributed by atoms with E-state index in [0.717, 1.165) is 50.4 Å². The van der Waals surface area contributed by atoms with Crippen LogP contribution in [0.25, 0.3) is 0 Å². The van der Waals surface area contributed by atoms with Crippen LogP contribution < -0.4 is 14.8 Å². The molecule has 2 amide bonds. The molecule has 0 unspecified atom stereocenters. The van der Waals surface area contributed by atoms with Crippen LogP contribution in [0, 0.1) is 0 Å². The van der Waals surface area contributed by atoms with E-state index in [1.165, 1.54) is 0 Å². The van der Waals surface area contributed by atoms with Crippen molar-refractivity contribution >= 4 is 11.8 Å². The molecule has 1 aromatic rings. The van der Waals surface area contributed by atoms with Crippen LogP contribution in [0.4, 0.5) is 0 Å². The first-order chi connectivity index (χ1) is 13.6. The number of methoxy groups -OCH3 is 2. The normalized spacial score (nSPS) is 17.0. The Bertz CT molecular complexity index is 703. The molecular weight excluding hydrogens is 362 g/mol. The minimum absolute atomic E-state index is 0.119. The van der Waals surface area contributed by atoms with Crippen molar-refractivity contribution in [3.63, 3.8) is 0 Å². The molecule has 1 fully saturated rings. The van der Waals surface area contributed by atoms with Crippen LogP contribution in [0.5, 0.6) is 11.5 Å². The first kappa shape index (κ1) is 20.4. The lowest BCUT2D eigenvalue weighted by Gasteiger charge is -2.29. The van der Waals surface area contributed by atoms with E-state index < -0.39 is 0 Å². The summed E-state index contributed by atoms with van der Waals surface area (Å²) in [5, 5.41) is 2.85. The highest BCUT2D eigenvalue weighted by Crippen LogP contribution is 2.33. The molecule has 3 rings (SSSR count). The maximum Gasteiger partial charge on any atom is 0.232 e. The van der Waals surface area contributed by atoms with Crippen LogP contribution in [0.1, 0.15) is 17.5 Å². The lowest BCUT2D eigenvalue weighted by Crippen LogP contribution is -2.43. The fraction of sp³-hybridized carbons (Fsp3) is 0.600. The Morgan fingerprint density at radius 1 is 1.07 bits per heavy atom. The monoisotopic (exact) mass is 391 g/mol. The lowest BCUT2D eigenvalue weighted by atomic mass is 9.98. The average Bonchev–Trinajstić information content (AvgIpc) is 2.72. The van der Waals surface area contributed by atoms with E-state index in [4.69, 9.17) is 14.2 Å². The predicted molar refractivity (Wildman–Crippen MR) is 104 cm³/mol. The van der Waals surface area contributed by atoms with Gasteiger partial charge in [0.1, 0.15) is 6.42 Å². The number of rotatable bonds is 7. The molecule has 2 aliphatic heterocycles. The zero-order valence-corrected chi connectivity index (χ0v) is 16.7. The van der Waals surface area contributed by atoms with E-state index in [0.29, 0.717) is 31.1 Å². The van der Waals surface area contributed by atoms with Crippen LogP contribution in [-0.4, -0.2) is 81.8 Å². The Balaban J connectivity index is 1.48. The van der Waals surface area contributed by atoms with Gasteiger partial charge in [0.25, 0.3) is 0 Å². The van der Waals surface area contributed by atoms with Crippen molar-refractivity contribution < 1.29 is 23.8 Å². The summed E-state index contributed by atoms with van der Waals surface area (Å²) >= 11 is 0. The Kier molecular flexibility index (Phi) is 7.11. The summed E-state index contributed by atoms with van der Waals surface area (Å²) in [4.78, 5) is 28.6. The maximum atomic E-state index is 12.5. The van der Waals surface area contributed by atoms with Crippen molar-refractivity contribution in [3.8, 4) is 11.5 Å². The van der Waals surface area contributed by atoms with Gasteiger partial charge in [-0.1, -0.05) is 0 Å². The Labute approximate surface area is 165 Å². The van der Waals surface area contributed by atoms with Gasteiger partial charge in [0.2, 0.25) is 11.8 Å². The van der Waals surface area contributed by atoms with Crippen LogP contribution in [-0.2, 0) is 27.3 Å². The maximum absolute atomic E-state index is 12.5. The molecule has 0 aliphatic carbocycles. The van der Waals surface area contributed by atoms with E-state index in [9.17, 15) is 9.59 Å². The Morgan fingerprint density at radius 3 is 2.43 bits per heavy atom. The van der Waals surface area contributed by atoms with Gasteiger partial charge in [-0.05, 0) is 29.7 Å². The highest BCUT2D eigenvalue weighted by atomic mass is 16.5. The van der Waals surface area contributed by atoms with Gasteiger partial charge in [0.05, 0.1) is 27.4 Å². The molecule has 2 aliphatic rings. The van der Waals surface area contributed by atoms with E-state index in [1.54, 1.807) is 19.1 Å². The molecule has 2 heterocycles. The number of hydrogen-bond donors (Lipinski definition) is 1. The zero-order chi connectivity index (χ0) is 19.9. The van der Waals surface area contributed by atoms with Crippen molar-refractivity contribution in [1.82, 2.24) is 15.1 Å². The molecule has 8 nitrogen and oxygen atoms in total. The third-order valence-electron chi connectivity index (χ3n) is 5.24. The predicted octanol–water partition coefficient (Wildman–Crippen LogP) is 0.427. The summed E-state index contributed by atoms with van der Waals surface area (Å²) in [6.45, 7) is 5.65. The van der Waals surface area contributed by atoms with Crippen LogP contribution >= 0.6 is 0 Å². The van der Waals surface area contributed by atoms with Crippen molar-refractivity contribution in [1.29, 1.82) is 0 Å². The van der Waals surface area contributed by atoms with Gasteiger partial charge in [-0.3, -0.25) is 14.5 Å². The fourth-order valence-corrected chi connectivity index (χ4v) is 3.59. The molecule has 0 saturated carbocycles. The number of hydrogen-bond acceptors (Lipinski definition) is 6. The van der Waals surface area contributed by atoms with Gasteiger partial charge in [-0.25, -0.2) is 0 Å². The molecule has 8 heteroatoms. The average molecular weight is 391 g/mol. The minimum atomic E-state index is -0.226. The number of benzene rings is 1. The third kappa shape index (κ3) is 5.14. The molecule has 0 radical (unpaired) electrons. The highest BCUT2D eigenvalue weighted by molar-refractivity contribution is 5.96. The minimum Gasteiger partial charge on any atom is -0.493 e. The molecule has 0 bridgehead atoms. The summed E-state index contributed by atoms with van der Waals surface area (Å²) in [6, 6.07) is 3.88. The second-order valence-corrected chi connectivity index (χ2v) is 7.02. The van der Waals surface area contributed by atoms with Crippen LogP contribution in [0.15, 0.2) is 12.1 Å². The standard InChI is InChI=1S/C20H29N3O5/c1-26-17-11-15-3-5-23(14-16(15)12-18(17)27-2)20(25)13-19(24)21-4-6-22-7-9-28-10-8-22/h11-12H,3-10,13-14H2,1-2H3,(H,21,24). The number of fused-ring (bicyclic) bond motifs is 1. The lowest BCUT2D eigenvalue weighted by molar-refractivity contribution is -0.136. The molecule has 0 spiro atoms. The van der Waals surface area contributed by atoms with Gasteiger partial charge < -0.3 is 24.4 Å². The van der Waals surface area contributed by atoms with E-state index in [-0.39, 0.29) is 18.2 Å². The van der Waals surface area contributed by atoms with Gasteiger partial charge in [-0.15, -0.1) is 0 Å². The molecule has 28 heavy (non-hydrogen) atoms. The number of morpholine rings is 1. The van der Waals surface area contributed by atoms with E-state index >= 15 is 0 Å². The Morgan fingerprint density at radius 2 is 1.75 bits per heavy atom. The number of ether oxygens (including phenoxy) is 3. The first-order valence-corrected chi connectivity index (χ1v) is 9.69. The largest absolute Gasteiger partial charge is 0.493 e. The summed E-state index contributed by atoms with van der Waals surface area (Å²) in [5.74, 6) is 0.970. The SMILES string of the molecule is COc1cc2c(cc1OC)CN(C(=O)CC(=O)NCCN1CCOCC1)CC2. The molecule has 1 N–H and O–H groups in total. The summed E-state index contributed by atoms with van der Waals surface area (Å²) < 4.78 is 16.0. The first-order valence-electron chi connectivity index (χ1n) is 9.69. The topological polar surface area (TPSA) is 80.3 Å². The fourth-order valence-electron chi connectivity index (χ4n) is 3.59. The van der Waals surface area contributed by atoms with Crippen LogP contribution in [0.2, 0.25) is 0 Å². The van der Waals surface area contributed by atoms with E-state index in [2.05, 4.69) is 10.2 Å². The summed E-state index contributed by atoms with van der Waals surface area (Å²) in [6.07, 6.45) is 0.617. The number of carbonyl (C=O) groups is 2. The molecule has 1 aromatic carbocycles. The van der Waals surface area contributed by atoms with Gasteiger partial charge >= 0.3 is 0 Å². The number of nitrogens with one attached hydrogen (secondary N) is 1. The van der Waals surface area contributed by atoms with E-state index in [1.807, 2.05) is 12.1 Å². The summed E-state index contributed by atoms with van der Waals surface area (Å²) in [7, 11) is 3.21. The quantitative estimate of drug-likeness (QED) is 0.679. The molecule has 154 valence electrons. The molecule has 1 saturated heterocycles. The second-order valence-electron chi connectivity index (χ2n) is 7.02. The van der Waals surface area contributed by atoms with Gasteiger partial charge in [-0.2, -0.15) is 0 Å². The smallest absolute Gasteiger partial charge is 0.232 e. The zero-order valence-electron chi connectivity index (χ0n) is 16.7. The summed E-state index contributed by atoms with van der Waals surface area (Å²) in [5.41, 5.74) is 2.18. The third-order valence-corrected chi connectivity index (χ3v) is 5.24. The Hall–Kier alpha value is -2.32. The van der Waals surface area contributed by atoms with Crippen molar-refractivity contribution in [2.45, 2.75) is 19.4 Å². The number of nitrogens with zero attached hydrogens (tertiary/aromatic N) is 2. The van der Waals surface area contributed by atoms with Crippen molar-refractivity contribution in [3.05, 3.63) is 23.3 Å². The van der Waals surface area contributed by atoms with Crippen molar-refractivity contribution in [2.24, 2.45) is 0 Å². The van der Waals surface area contributed by atoms with Gasteiger partial charge in [0.15, 0.2) is 11.5 Å². The highest BCUT2D eigenvalue weighted by Gasteiger charge is 2.24. The molecule has 0 atom stereocenters. The number of amides is 2. The number of carbonyl (C=O) groups excluding carboxylic acids is 2. The van der Waals surface area contributed by atoms with Gasteiger partial charge in [0, 0.05) is 39.3 Å². The molecular formula is C20H29N3O5. The molecule has 0 aromatic heterocycles. The van der Waals surface area contributed by atoms with Crippen molar-refractivity contribution in [2.75, 3.05) is 60.2 Å².